The van der Waals surface area contributed by atoms with Gasteiger partial charge in [-0.3, -0.25) is 0 Å². The summed E-state index contributed by atoms with van der Waals surface area (Å²) < 4.78 is 4.93. The molecular weight excluding hydrogens is 593 g/mol. The van der Waals surface area contributed by atoms with Gasteiger partial charge in [0.2, 0.25) is 0 Å². The second kappa shape index (κ2) is 10.1. The molecular formula is C47H30N2. The zero-order valence-corrected chi connectivity index (χ0v) is 26.7. The summed E-state index contributed by atoms with van der Waals surface area (Å²) in [6.45, 7) is 0. The molecule has 2 heterocycles. The van der Waals surface area contributed by atoms with Gasteiger partial charge in [0.05, 0.1) is 22.1 Å². The summed E-state index contributed by atoms with van der Waals surface area (Å²) >= 11 is 0. The number of nitrogens with zero attached hydrogens (tertiary/aromatic N) is 2. The summed E-state index contributed by atoms with van der Waals surface area (Å²) in [7, 11) is 0. The molecule has 0 amide bonds. The first-order valence-electron chi connectivity index (χ1n) is 17.1. The van der Waals surface area contributed by atoms with Crippen LogP contribution in [0.3, 0.4) is 0 Å². The summed E-state index contributed by atoms with van der Waals surface area (Å²) in [5.74, 6) is 0.195. The number of benzene rings is 8. The van der Waals surface area contributed by atoms with Crippen molar-refractivity contribution in [3.8, 4) is 22.5 Å². The van der Waals surface area contributed by atoms with Crippen LogP contribution in [-0.2, 0) is 0 Å². The van der Waals surface area contributed by atoms with Crippen LogP contribution in [0.5, 0.6) is 0 Å². The van der Waals surface area contributed by atoms with Crippen molar-refractivity contribution in [3.63, 3.8) is 0 Å². The van der Waals surface area contributed by atoms with Gasteiger partial charge in [0.1, 0.15) is 0 Å². The molecule has 0 saturated heterocycles. The van der Waals surface area contributed by atoms with Gasteiger partial charge in [-0.15, -0.1) is 0 Å². The van der Waals surface area contributed by atoms with E-state index in [4.69, 9.17) is 0 Å². The predicted octanol–water partition coefficient (Wildman–Crippen LogP) is 12.2. The number of hydrogen-bond acceptors (Lipinski definition) is 0. The van der Waals surface area contributed by atoms with E-state index < -0.39 is 0 Å². The molecule has 1 unspecified atom stereocenters. The average molecular weight is 623 g/mol. The molecule has 1 aliphatic rings. The molecule has 0 spiro atoms. The Bertz CT molecular complexity index is 2930. The Hall–Kier alpha value is -6.38. The lowest BCUT2D eigenvalue weighted by Crippen LogP contribution is -2.01. The molecule has 2 heteroatoms. The number of aromatic nitrogens is 2. The lowest BCUT2D eigenvalue weighted by molar-refractivity contribution is 1.01. The summed E-state index contributed by atoms with van der Waals surface area (Å²) in [6.07, 6.45) is 0. The maximum atomic E-state index is 2.49. The molecule has 10 aromatic rings. The fourth-order valence-electron chi connectivity index (χ4n) is 8.72. The Morgan fingerprint density at radius 3 is 1.90 bits per heavy atom. The van der Waals surface area contributed by atoms with Crippen LogP contribution in [0.15, 0.2) is 176 Å². The minimum atomic E-state index is 0.195. The van der Waals surface area contributed by atoms with Crippen LogP contribution in [0.2, 0.25) is 0 Å². The van der Waals surface area contributed by atoms with Gasteiger partial charge in [-0.05, 0) is 87.1 Å². The maximum Gasteiger partial charge on any atom is 0.0562 e. The van der Waals surface area contributed by atoms with E-state index in [0.717, 1.165) is 0 Å². The summed E-state index contributed by atoms with van der Waals surface area (Å²) in [5, 5.41) is 7.66. The highest BCUT2D eigenvalue weighted by atomic mass is 15.0. The molecule has 0 aliphatic heterocycles. The van der Waals surface area contributed by atoms with Crippen molar-refractivity contribution in [1.29, 1.82) is 0 Å². The molecule has 49 heavy (non-hydrogen) atoms. The van der Waals surface area contributed by atoms with Crippen LogP contribution < -0.4 is 0 Å². The Labute approximate surface area is 283 Å². The Kier molecular flexibility index (Phi) is 5.47. The third-order valence-corrected chi connectivity index (χ3v) is 10.8. The summed E-state index contributed by atoms with van der Waals surface area (Å²) in [4.78, 5) is 0. The first-order chi connectivity index (χ1) is 24.3. The largest absolute Gasteiger partial charge is 0.309 e. The second-order valence-corrected chi connectivity index (χ2v) is 13.3. The summed E-state index contributed by atoms with van der Waals surface area (Å²) in [5.41, 5.74) is 14.0. The topological polar surface area (TPSA) is 9.86 Å². The van der Waals surface area contributed by atoms with E-state index in [1.807, 2.05) is 0 Å². The molecule has 1 aliphatic carbocycles. The van der Waals surface area contributed by atoms with Crippen molar-refractivity contribution in [2.24, 2.45) is 0 Å². The zero-order chi connectivity index (χ0) is 32.1. The van der Waals surface area contributed by atoms with E-state index in [0.29, 0.717) is 0 Å². The van der Waals surface area contributed by atoms with E-state index in [9.17, 15) is 0 Å². The van der Waals surface area contributed by atoms with Gasteiger partial charge in [-0.2, -0.15) is 0 Å². The van der Waals surface area contributed by atoms with Crippen LogP contribution in [0, 0.1) is 0 Å². The van der Waals surface area contributed by atoms with Crippen molar-refractivity contribution in [2.75, 3.05) is 0 Å². The van der Waals surface area contributed by atoms with E-state index in [1.165, 1.54) is 93.6 Å². The third kappa shape index (κ3) is 3.71. The number of fused-ring (bicyclic) bond motifs is 11. The van der Waals surface area contributed by atoms with Crippen molar-refractivity contribution >= 4 is 54.4 Å². The van der Waals surface area contributed by atoms with E-state index >= 15 is 0 Å². The van der Waals surface area contributed by atoms with Gasteiger partial charge < -0.3 is 9.13 Å². The monoisotopic (exact) mass is 622 g/mol. The first kappa shape index (κ1) is 26.7. The van der Waals surface area contributed by atoms with Gasteiger partial charge in [-0.25, -0.2) is 0 Å². The van der Waals surface area contributed by atoms with E-state index in [-0.39, 0.29) is 5.92 Å². The van der Waals surface area contributed by atoms with Crippen molar-refractivity contribution < 1.29 is 0 Å². The highest BCUT2D eigenvalue weighted by Gasteiger charge is 2.30. The van der Waals surface area contributed by atoms with Gasteiger partial charge in [0, 0.05) is 38.8 Å². The zero-order valence-electron chi connectivity index (χ0n) is 26.7. The first-order valence-corrected chi connectivity index (χ1v) is 17.1. The molecule has 0 radical (unpaired) electrons. The predicted molar refractivity (Wildman–Crippen MR) is 205 cm³/mol. The second-order valence-electron chi connectivity index (χ2n) is 13.3. The molecule has 0 N–H and O–H groups in total. The molecule has 0 saturated carbocycles. The van der Waals surface area contributed by atoms with Gasteiger partial charge in [0.25, 0.3) is 0 Å². The van der Waals surface area contributed by atoms with Crippen LogP contribution in [0.25, 0.3) is 76.9 Å². The van der Waals surface area contributed by atoms with Crippen LogP contribution in [-0.4, -0.2) is 9.13 Å². The minimum Gasteiger partial charge on any atom is -0.309 e. The van der Waals surface area contributed by atoms with Crippen molar-refractivity contribution in [2.45, 2.75) is 5.92 Å². The smallest absolute Gasteiger partial charge is 0.0562 e. The molecule has 0 bridgehead atoms. The molecule has 11 rings (SSSR count). The lowest BCUT2D eigenvalue weighted by atomic mass is 9.89. The van der Waals surface area contributed by atoms with Crippen LogP contribution in [0.4, 0.5) is 0 Å². The highest BCUT2D eigenvalue weighted by Crippen LogP contribution is 2.49. The quantitative estimate of drug-likeness (QED) is 0.186. The number of para-hydroxylation sites is 2. The molecule has 2 nitrogen and oxygen atoms in total. The fraction of sp³-hybridized carbons (Fsp3) is 0.0213. The SMILES string of the molecule is c1ccc(C2c3ccccc3-c3ccc(-n4c5ccccc5c5cc6c7c8ccccc8ccc7n(-c7ccccc7)c6cc54)cc32)cc1. The van der Waals surface area contributed by atoms with Crippen LogP contribution >= 0.6 is 0 Å². The number of rotatable bonds is 3. The highest BCUT2D eigenvalue weighted by molar-refractivity contribution is 6.25. The fourth-order valence-corrected chi connectivity index (χ4v) is 8.72. The molecule has 0 fully saturated rings. The van der Waals surface area contributed by atoms with Crippen LogP contribution in [0.1, 0.15) is 22.6 Å². The number of hydrogen-bond donors (Lipinski definition) is 0. The lowest BCUT2D eigenvalue weighted by Gasteiger charge is -2.16. The van der Waals surface area contributed by atoms with Gasteiger partial charge in [-0.1, -0.05) is 127 Å². The normalized spacial score (nSPS) is 13.9. The van der Waals surface area contributed by atoms with Gasteiger partial charge in [0.15, 0.2) is 0 Å². The standard InChI is InChI=1S/C47H30N2/c1-3-14-31(15-4-1)46-38-21-10-9-19-35(38)36-25-24-33(27-40(36)46)49-42-22-12-11-20-37(42)39-28-41-45(29-44(39)49)48(32-16-5-2-6-17-32)43-26-23-30-13-7-8-18-34(30)47(41)43/h1-29,46H. The Balaban J connectivity index is 1.24. The van der Waals surface area contributed by atoms with E-state index in [1.54, 1.807) is 0 Å². The third-order valence-electron chi connectivity index (χ3n) is 10.8. The molecule has 1 atom stereocenters. The Morgan fingerprint density at radius 2 is 1.02 bits per heavy atom. The summed E-state index contributed by atoms with van der Waals surface area (Å²) in [6, 6.07) is 64.9. The van der Waals surface area contributed by atoms with Gasteiger partial charge >= 0.3 is 0 Å². The average Bonchev–Trinajstić information content (AvgIpc) is 3.79. The van der Waals surface area contributed by atoms with Crippen molar-refractivity contribution in [1.82, 2.24) is 9.13 Å². The molecule has 8 aromatic carbocycles. The molecule has 228 valence electrons. The molecule has 2 aromatic heterocycles. The van der Waals surface area contributed by atoms with E-state index in [2.05, 4.69) is 185 Å². The minimum absolute atomic E-state index is 0.195. The Morgan fingerprint density at radius 1 is 0.347 bits per heavy atom. The maximum absolute atomic E-state index is 2.49. The van der Waals surface area contributed by atoms with Crippen molar-refractivity contribution in [3.05, 3.63) is 193 Å².